The summed E-state index contributed by atoms with van der Waals surface area (Å²) in [5, 5.41) is 33.5. The molecule has 0 aliphatic carbocycles. The molecule has 3 unspecified atom stereocenters. The number of aromatic hydroxyl groups is 3. The van der Waals surface area contributed by atoms with E-state index in [0.717, 1.165) is 63.5 Å². The van der Waals surface area contributed by atoms with E-state index in [9.17, 15) is 15.3 Å². The molecule has 1 aliphatic rings. The first-order valence-electron chi connectivity index (χ1n) is 13.9. The van der Waals surface area contributed by atoms with Crippen LogP contribution in [0.15, 0.2) is 42.5 Å². The van der Waals surface area contributed by atoms with Crippen LogP contribution in [-0.2, 0) is 17.9 Å². The molecular formula is C29H39B3I3N4O4P3. The second-order valence-electron chi connectivity index (χ2n) is 10.3. The summed E-state index contributed by atoms with van der Waals surface area (Å²) in [6, 6.07) is 13.5. The molecule has 46 heavy (non-hydrogen) atoms. The molecule has 8 nitrogen and oxygen atoms in total. The number of aryl methyl sites for hydroxylation is 3. The van der Waals surface area contributed by atoms with E-state index in [1.165, 1.54) is 0 Å². The molecule has 0 aromatic heterocycles. The van der Waals surface area contributed by atoms with Gasteiger partial charge in [0, 0.05) is 50.4 Å². The summed E-state index contributed by atoms with van der Waals surface area (Å²) < 4.78 is 0. The third-order valence-electron chi connectivity index (χ3n) is 6.74. The van der Waals surface area contributed by atoms with Crippen molar-refractivity contribution in [2.24, 2.45) is 11.5 Å². The van der Waals surface area contributed by atoms with Crippen molar-refractivity contribution >= 4 is 128 Å². The largest absolute Gasteiger partial charge is 0.508 e. The molecule has 0 bridgehead atoms. The molecule has 1 fully saturated rings. The van der Waals surface area contributed by atoms with E-state index >= 15 is 0 Å². The molecule has 1 heterocycles. The number of hydrogen-bond donors (Lipinski definition) is 5. The van der Waals surface area contributed by atoms with E-state index in [0.29, 0.717) is 43.4 Å². The normalized spacial score (nSPS) is 14.9. The summed E-state index contributed by atoms with van der Waals surface area (Å²) in [6.07, 6.45) is 0. The number of benzene rings is 3. The molecule has 1 aliphatic heterocycles. The van der Waals surface area contributed by atoms with E-state index < -0.39 is 16.3 Å². The predicted octanol–water partition coefficient (Wildman–Crippen LogP) is 5.03. The van der Waals surface area contributed by atoms with Crippen LogP contribution in [0.25, 0.3) is 0 Å². The van der Waals surface area contributed by atoms with Crippen LogP contribution in [-0.4, -0.2) is 87.5 Å². The minimum Gasteiger partial charge on any atom is -0.508 e. The van der Waals surface area contributed by atoms with Crippen molar-refractivity contribution in [3.05, 3.63) is 70.3 Å². The van der Waals surface area contributed by atoms with Gasteiger partial charge in [0.2, 0.25) is 0 Å². The van der Waals surface area contributed by atoms with Crippen LogP contribution in [0.2, 0.25) is 0 Å². The highest BCUT2D eigenvalue weighted by molar-refractivity contribution is 14.2. The Bertz CT molecular complexity index is 1330. The molecule has 244 valence electrons. The number of carbonyl (C=O) groups is 1. The first-order valence-corrected chi connectivity index (χ1v) is 26.5. The van der Waals surface area contributed by atoms with Gasteiger partial charge in [-0.25, -0.2) is 0 Å². The third kappa shape index (κ3) is 14.6. The molecule has 17 heteroatoms. The SMILES string of the molecule is C=O.NCCN.[B]P(I)c1cc(C)c(O)c(CN2CCN(Cc3cc(P([B])I)cc(C)c3O)C2)c1.[B]P(I)c1ccc(O)c(C)c1. The molecule has 0 amide bonds. The van der Waals surface area contributed by atoms with Gasteiger partial charge in [-0.3, -0.25) is 9.80 Å². The maximum absolute atomic E-state index is 10.5. The van der Waals surface area contributed by atoms with Crippen LogP contribution in [0.1, 0.15) is 27.8 Å². The zero-order valence-electron chi connectivity index (χ0n) is 26.2. The van der Waals surface area contributed by atoms with Crippen LogP contribution in [0.4, 0.5) is 0 Å². The molecule has 4 rings (SSSR count). The number of phenols is 3. The summed E-state index contributed by atoms with van der Waals surface area (Å²) in [5.74, 6) is 1.06. The van der Waals surface area contributed by atoms with Crippen molar-refractivity contribution in [2.45, 2.75) is 33.9 Å². The molecule has 0 saturated carbocycles. The quantitative estimate of drug-likeness (QED) is 0.121. The Morgan fingerprint density at radius 3 is 1.39 bits per heavy atom. The lowest BCUT2D eigenvalue weighted by molar-refractivity contribution is -0.0980. The minimum absolute atomic E-state index is 0.335. The van der Waals surface area contributed by atoms with Gasteiger partial charge < -0.3 is 31.6 Å². The van der Waals surface area contributed by atoms with Gasteiger partial charge in [0.05, 0.1) is 6.67 Å². The number of phenolic OH excluding ortho intramolecular Hbond substituents is 3. The second kappa shape index (κ2) is 22.9. The fourth-order valence-electron chi connectivity index (χ4n) is 4.37. The lowest BCUT2D eigenvalue weighted by Gasteiger charge is -2.21. The Labute approximate surface area is 320 Å². The summed E-state index contributed by atoms with van der Waals surface area (Å²) >= 11 is 6.71. The van der Waals surface area contributed by atoms with E-state index in [1.54, 1.807) is 6.07 Å². The van der Waals surface area contributed by atoms with E-state index in [1.807, 2.05) is 64.0 Å². The van der Waals surface area contributed by atoms with Crippen molar-refractivity contribution in [3.63, 3.8) is 0 Å². The summed E-state index contributed by atoms with van der Waals surface area (Å²) in [4.78, 5) is 12.6. The lowest BCUT2D eigenvalue weighted by Crippen LogP contribution is -2.25. The van der Waals surface area contributed by atoms with Gasteiger partial charge in [0.1, 0.15) is 46.7 Å². The highest BCUT2D eigenvalue weighted by atomic mass is 127. The van der Waals surface area contributed by atoms with Crippen LogP contribution < -0.4 is 27.4 Å². The Morgan fingerprint density at radius 1 is 0.696 bits per heavy atom. The fraction of sp³-hybridized carbons (Fsp3) is 0.345. The van der Waals surface area contributed by atoms with Crippen molar-refractivity contribution in [3.8, 4) is 17.2 Å². The van der Waals surface area contributed by atoms with Gasteiger partial charge in [-0.05, 0) is 89.8 Å². The summed E-state index contributed by atoms with van der Waals surface area (Å²) in [5.41, 5.74) is 12.3. The van der Waals surface area contributed by atoms with Crippen LogP contribution in [0.3, 0.4) is 0 Å². The van der Waals surface area contributed by atoms with Crippen LogP contribution in [0.5, 0.6) is 17.2 Å². The van der Waals surface area contributed by atoms with Gasteiger partial charge in [-0.2, -0.15) is 0 Å². The van der Waals surface area contributed by atoms with Crippen molar-refractivity contribution < 1.29 is 20.1 Å². The first kappa shape index (κ1) is 44.3. The smallest absolute Gasteiger partial charge is 0.129 e. The number of halogens is 3. The maximum atomic E-state index is 10.5. The van der Waals surface area contributed by atoms with Gasteiger partial charge in [0.25, 0.3) is 0 Å². The minimum atomic E-state index is -0.723. The number of nitrogens with zero attached hydrogens (tertiary/aromatic N) is 2. The van der Waals surface area contributed by atoms with E-state index in [2.05, 4.69) is 75.9 Å². The average Bonchev–Trinajstić information content (AvgIpc) is 3.46. The van der Waals surface area contributed by atoms with Gasteiger partial charge in [-0.1, -0.05) is 88.5 Å². The topological polar surface area (TPSA) is 136 Å². The van der Waals surface area contributed by atoms with Crippen LogP contribution in [0, 0.1) is 20.8 Å². The molecule has 3 aromatic rings. The fourth-order valence-corrected chi connectivity index (χ4v) is 8.67. The third-order valence-corrected chi connectivity index (χ3v) is 14.0. The number of carbonyl (C=O) groups excluding carboxylic acids is 1. The molecule has 3 atom stereocenters. The van der Waals surface area contributed by atoms with Crippen molar-refractivity contribution in [2.75, 3.05) is 32.8 Å². The number of hydrogen-bond acceptors (Lipinski definition) is 8. The van der Waals surface area contributed by atoms with Crippen LogP contribution >= 0.6 is 82.5 Å². The van der Waals surface area contributed by atoms with E-state index in [4.69, 9.17) is 39.0 Å². The first-order chi connectivity index (χ1) is 21.7. The maximum Gasteiger partial charge on any atom is 0.129 e. The van der Waals surface area contributed by atoms with Gasteiger partial charge >= 0.3 is 0 Å². The Kier molecular flexibility index (Phi) is 22.0. The Hall–Kier alpha value is 0.245. The van der Waals surface area contributed by atoms with Crippen molar-refractivity contribution in [1.82, 2.24) is 9.80 Å². The Morgan fingerprint density at radius 2 is 1.07 bits per heavy atom. The molecular weight excluding hydrogens is 974 g/mol. The highest BCUT2D eigenvalue weighted by Crippen LogP contribution is 2.41. The highest BCUT2D eigenvalue weighted by Gasteiger charge is 2.23. The molecule has 7 N–H and O–H groups in total. The van der Waals surface area contributed by atoms with Crippen molar-refractivity contribution in [1.29, 1.82) is 0 Å². The standard InChI is InChI=1S/C19H22B2I2N2O2P2.C7H7BIOP.C2H8N2.CH2O/c1-12-5-16(28(20)22)7-14(18(12)26)9-24-3-4-25(11-24)10-15-8-17(29(21)23)6-13(2)19(15)27;1-5-4-6(11(8)9)2-3-7(5)10;3-1-2-4;1-2/h5-8,26-27H,3-4,9-11H2,1-2H3;2-4,10H,1H3;1-4H2;1H2. The zero-order chi connectivity index (χ0) is 35.1. The molecule has 3 aromatic carbocycles. The molecule has 6 radical (unpaired) electrons. The van der Waals surface area contributed by atoms with Gasteiger partial charge in [0.15, 0.2) is 0 Å². The zero-order valence-corrected chi connectivity index (χ0v) is 35.4. The number of rotatable bonds is 8. The monoisotopic (exact) mass is 1010 g/mol. The number of nitrogens with two attached hydrogens (primary N) is 2. The van der Waals surface area contributed by atoms with Gasteiger partial charge in [-0.15, -0.1) is 0 Å². The Balaban J connectivity index is 0.000000513. The predicted molar refractivity (Wildman–Crippen MR) is 228 cm³/mol. The summed E-state index contributed by atoms with van der Waals surface area (Å²) in [7, 11) is 17.9. The van der Waals surface area contributed by atoms with E-state index in [-0.39, 0.29) is 0 Å². The average molecular weight is 1010 g/mol. The second-order valence-corrected chi connectivity index (χ2v) is 23.0. The lowest BCUT2D eigenvalue weighted by atomic mass is 10.1. The molecule has 1 saturated heterocycles. The molecule has 0 spiro atoms. The summed E-state index contributed by atoms with van der Waals surface area (Å²) in [6.45, 7) is 12.9.